The fourth-order valence-electron chi connectivity index (χ4n) is 4.74. The molecular formula is C25H29FN4O3. The van der Waals surface area contributed by atoms with Crippen LogP contribution in [0, 0.1) is 11.7 Å². The monoisotopic (exact) mass is 452 g/mol. The van der Waals surface area contributed by atoms with Gasteiger partial charge in [0.05, 0.1) is 17.4 Å². The number of rotatable bonds is 7. The molecule has 0 radical (unpaired) electrons. The van der Waals surface area contributed by atoms with E-state index in [0.717, 1.165) is 49.4 Å². The smallest absolute Gasteiger partial charge is 0.251 e. The minimum atomic E-state index is -0.321. The van der Waals surface area contributed by atoms with Crippen LogP contribution in [0.4, 0.5) is 4.39 Å². The Balaban J connectivity index is 1.14. The first-order valence-electron chi connectivity index (χ1n) is 11.6. The second-order valence-corrected chi connectivity index (χ2v) is 8.79. The molecule has 0 saturated carbocycles. The van der Waals surface area contributed by atoms with Crippen LogP contribution < -0.4 is 20.3 Å². The van der Waals surface area contributed by atoms with Crippen molar-refractivity contribution < 1.29 is 13.9 Å². The first-order chi connectivity index (χ1) is 16.2. The summed E-state index contributed by atoms with van der Waals surface area (Å²) in [4.78, 5) is 19.3. The number of piperidine rings is 1. The van der Waals surface area contributed by atoms with E-state index in [9.17, 15) is 9.18 Å². The van der Waals surface area contributed by atoms with Crippen LogP contribution in [0.25, 0.3) is 10.9 Å². The fourth-order valence-corrected chi connectivity index (χ4v) is 4.74. The Labute approximate surface area is 192 Å². The van der Waals surface area contributed by atoms with Gasteiger partial charge in [-0.1, -0.05) is 0 Å². The van der Waals surface area contributed by atoms with Gasteiger partial charge < -0.3 is 24.3 Å². The summed E-state index contributed by atoms with van der Waals surface area (Å²) < 4.78 is 26.6. The van der Waals surface area contributed by atoms with Crippen molar-refractivity contribution in [1.29, 1.82) is 0 Å². The molecule has 1 aromatic carbocycles. The predicted molar refractivity (Wildman–Crippen MR) is 124 cm³/mol. The van der Waals surface area contributed by atoms with Gasteiger partial charge in [0.1, 0.15) is 19.0 Å². The average Bonchev–Trinajstić information content (AvgIpc) is 2.83. The van der Waals surface area contributed by atoms with Crippen LogP contribution >= 0.6 is 0 Å². The van der Waals surface area contributed by atoms with E-state index in [-0.39, 0.29) is 11.4 Å². The highest BCUT2D eigenvalue weighted by Gasteiger charge is 2.20. The largest absolute Gasteiger partial charge is 0.486 e. The second-order valence-electron chi connectivity index (χ2n) is 8.79. The quantitative estimate of drug-likeness (QED) is 0.595. The Morgan fingerprint density at radius 1 is 1.09 bits per heavy atom. The number of ether oxygens (including phenoxy) is 2. The molecule has 2 aliphatic rings. The highest BCUT2D eigenvalue weighted by Crippen LogP contribution is 2.29. The highest BCUT2D eigenvalue weighted by molar-refractivity contribution is 5.78. The van der Waals surface area contributed by atoms with Gasteiger partial charge in [0.25, 0.3) is 5.56 Å². The van der Waals surface area contributed by atoms with Gasteiger partial charge in [-0.3, -0.25) is 9.78 Å². The van der Waals surface area contributed by atoms with E-state index in [1.54, 1.807) is 29.0 Å². The Morgan fingerprint density at radius 3 is 2.85 bits per heavy atom. The Morgan fingerprint density at radius 2 is 1.94 bits per heavy atom. The number of aromatic nitrogens is 2. The lowest BCUT2D eigenvalue weighted by molar-refractivity contribution is 0.166. The minimum absolute atomic E-state index is 0.0877. The van der Waals surface area contributed by atoms with E-state index in [1.807, 2.05) is 6.07 Å². The van der Waals surface area contributed by atoms with Crippen LogP contribution in [0.15, 0.2) is 47.4 Å². The molecule has 5 rings (SSSR count). The maximum atomic E-state index is 13.8. The highest BCUT2D eigenvalue weighted by atomic mass is 19.1. The van der Waals surface area contributed by atoms with E-state index in [2.05, 4.69) is 15.2 Å². The number of pyridine rings is 2. The lowest BCUT2D eigenvalue weighted by Crippen LogP contribution is -2.41. The Kier molecular flexibility index (Phi) is 6.55. The fraction of sp³-hybridized carbons (Fsp3) is 0.440. The summed E-state index contributed by atoms with van der Waals surface area (Å²) >= 11 is 0. The molecule has 4 heterocycles. The zero-order valence-corrected chi connectivity index (χ0v) is 18.6. The standard InChI is InChI=1S/C25H29FN4O3/c26-20-5-3-19-4-6-25(31)30(22(19)12-20)9-8-29-7-1-2-18(17-29)14-27-15-21-13-23-24(16-28-21)33-11-10-32-23/h3-6,12-13,16,18,27H,1-2,7-11,14-15,17H2/t18-/m1/s1. The molecule has 0 unspecified atom stereocenters. The summed E-state index contributed by atoms with van der Waals surface area (Å²) in [5.41, 5.74) is 1.51. The third-order valence-corrected chi connectivity index (χ3v) is 6.42. The Hall–Kier alpha value is -2.97. The molecular weight excluding hydrogens is 423 g/mol. The first-order valence-corrected chi connectivity index (χ1v) is 11.6. The van der Waals surface area contributed by atoms with Crippen molar-refractivity contribution in [3.8, 4) is 11.5 Å². The molecule has 0 aliphatic carbocycles. The number of benzene rings is 1. The molecule has 3 aromatic rings. The summed E-state index contributed by atoms with van der Waals surface area (Å²) in [6.07, 6.45) is 4.04. The van der Waals surface area contributed by atoms with Crippen molar-refractivity contribution >= 4 is 10.9 Å². The van der Waals surface area contributed by atoms with Crippen LogP contribution in [-0.4, -0.2) is 53.8 Å². The molecule has 8 heteroatoms. The average molecular weight is 453 g/mol. The predicted octanol–water partition coefficient (Wildman–Crippen LogP) is 2.81. The first kappa shape index (κ1) is 21.9. The number of nitrogens with zero attached hydrogens (tertiary/aromatic N) is 3. The third-order valence-electron chi connectivity index (χ3n) is 6.42. The second kappa shape index (κ2) is 9.89. The van der Waals surface area contributed by atoms with Gasteiger partial charge >= 0.3 is 0 Å². The summed E-state index contributed by atoms with van der Waals surface area (Å²) in [7, 11) is 0. The molecule has 0 amide bonds. The normalized spacial score (nSPS) is 18.5. The maximum absolute atomic E-state index is 13.8. The van der Waals surface area contributed by atoms with Crippen molar-refractivity contribution in [2.75, 3.05) is 39.4 Å². The topological polar surface area (TPSA) is 68.6 Å². The van der Waals surface area contributed by atoms with Gasteiger partial charge in [-0.05, 0) is 61.5 Å². The van der Waals surface area contributed by atoms with E-state index < -0.39 is 0 Å². The number of likely N-dealkylation sites (tertiary alicyclic amines) is 1. The number of fused-ring (bicyclic) bond motifs is 2. The van der Waals surface area contributed by atoms with Crippen molar-refractivity contribution in [3.05, 3.63) is 64.5 Å². The van der Waals surface area contributed by atoms with E-state index in [1.165, 1.54) is 18.6 Å². The van der Waals surface area contributed by atoms with Gasteiger partial charge in [0.15, 0.2) is 11.5 Å². The van der Waals surface area contributed by atoms with Gasteiger partial charge in [-0.25, -0.2) is 4.39 Å². The minimum Gasteiger partial charge on any atom is -0.486 e. The van der Waals surface area contributed by atoms with E-state index >= 15 is 0 Å². The van der Waals surface area contributed by atoms with Gasteiger partial charge in [0, 0.05) is 38.3 Å². The molecule has 33 heavy (non-hydrogen) atoms. The van der Waals surface area contributed by atoms with E-state index in [0.29, 0.717) is 43.5 Å². The number of hydrogen-bond acceptors (Lipinski definition) is 6. The molecule has 2 aliphatic heterocycles. The summed E-state index contributed by atoms with van der Waals surface area (Å²) in [5.74, 6) is 1.69. The molecule has 1 atom stereocenters. The molecule has 1 fully saturated rings. The maximum Gasteiger partial charge on any atom is 0.251 e. The van der Waals surface area contributed by atoms with Crippen LogP contribution in [0.5, 0.6) is 11.5 Å². The van der Waals surface area contributed by atoms with Crippen molar-refractivity contribution in [3.63, 3.8) is 0 Å². The zero-order chi connectivity index (χ0) is 22.6. The Bertz CT molecular complexity index is 1180. The number of nitrogens with one attached hydrogen (secondary N) is 1. The molecule has 1 saturated heterocycles. The molecule has 174 valence electrons. The zero-order valence-electron chi connectivity index (χ0n) is 18.6. The van der Waals surface area contributed by atoms with Crippen LogP contribution in [0.1, 0.15) is 18.5 Å². The van der Waals surface area contributed by atoms with E-state index in [4.69, 9.17) is 9.47 Å². The van der Waals surface area contributed by atoms with Crippen LogP contribution in [0.2, 0.25) is 0 Å². The SMILES string of the molecule is O=c1ccc2ccc(F)cc2n1CCN1CCC[C@H](CNCc2cc3c(cn2)OCCO3)C1. The van der Waals surface area contributed by atoms with Crippen LogP contribution in [-0.2, 0) is 13.1 Å². The van der Waals surface area contributed by atoms with Crippen molar-refractivity contribution in [2.45, 2.75) is 25.9 Å². The van der Waals surface area contributed by atoms with Crippen molar-refractivity contribution in [1.82, 2.24) is 19.8 Å². The summed E-state index contributed by atoms with van der Waals surface area (Å²) in [5, 5.41) is 4.41. The summed E-state index contributed by atoms with van der Waals surface area (Å²) in [6.45, 7) is 6.06. The van der Waals surface area contributed by atoms with Gasteiger partial charge in [-0.15, -0.1) is 0 Å². The number of halogens is 1. The molecule has 1 N–H and O–H groups in total. The lowest BCUT2D eigenvalue weighted by Gasteiger charge is -2.33. The summed E-state index contributed by atoms with van der Waals surface area (Å²) in [6, 6.07) is 9.87. The van der Waals surface area contributed by atoms with Crippen LogP contribution in [0.3, 0.4) is 0 Å². The van der Waals surface area contributed by atoms with Crippen molar-refractivity contribution in [2.24, 2.45) is 5.92 Å². The lowest BCUT2D eigenvalue weighted by atomic mass is 9.98. The molecule has 0 bridgehead atoms. The molecule has 7 nitrogen and oxygen atoms in total. The van der Waals surface area contributed by atoms with Gasteiger partial charge in [0.2, 0.25) is 0 Å². The number of hydrogen-bond donors (Lipinski definition) is 1. The molecule has 0 spiro atoms. The van der Waals surface area contributed by atoms with Gasteiger partial charge in [-0.2, -0.15) is 0 Å². The third kappa shape index (κ3) is 5.17. The molecule has 2 aromatic heterocycles.